The van der Waals surface area contributed by atoms with Gasteiger partial charge in [0.25, 0.3) is 0 Å². The first-order valence-electron chi connectivity index (χ1n) is 5.77. The molecule has 100 valence electrons. The summed E-state index contributed by atoms with van der Waals surface area (Å²) >= 11 is 1.24. The topological polar surface area (TPSA) is 92.4 Å². The standard InChI is InChI=1S/C13H14N2O3S/c1-7(12(14)16)15-6-9-8-4-2-3-5-10(8)19-11(9)13(17)18/h2-5,7,15H,6H2,1H3,(H2,14,16)(H,17,18). The maximum absolute atomic E-state index is 11.3. The number of nitrogens with two attached hydrogens (primary N) is 1. The Kier molecular flexibility index (Phi) is 3.82. The lowest BCUT2D eigenvalue weighted by atomic mass is 10.1. The Morgan fingerprint density at radius 1 is 1.42 bits per heavy atom. The van der Waals surface area contributed by atoms with Crippen molar-refractivity contribution in [2.75, 3.05) is 0 Å². The van der Waals surface area contributed by atoms with Crippen LogP contribution in [0.15, 0.2) is 24.3 Å². The lowest BCUT2D eigenvalue weighted by Crippen LogP contribution is -2.38. The maximum Gasteiger partial charge on any atom is 0.346 e. The van der Waals surface area contributed by atoms with E-state index in [1.165, 1.54) is 11.3 Å². The first-order valence-corrected chi connectivity index (χ1v) is 6.58. The molecule has 1 atom stereocenters. The van der Waals surface area contributed by atoms with Crippen LogP contribution in [-0.2, 0) is 11.3 Å². The fourth-order valence-corrected chi connectivity index (χ4v) is 2.86. The van der Waals surface area contributed by atoms with E-state index in [4.69, 9.17) is 5.73 Å². The third-order valence-corrected chi connectivity index (χ3v) is 4.11. The summed E-state index contributed by atoms with van der Waals surface area (Å²) in [5, 5.41) is 13.1. The molecule has 0 aliphatic carbocycles. The molecule has 19 heavy (non-hydrogen) atoms. The number of thiophene rings is 1. The molecular weight excluding hydrogens is 264 g/mol. The zero-order valence-corrected chi connectivity index (χ0v) is 11.2. The fraction of sp³-hybridized carbons (Fsp3) is 0.231. The van der Waals surface area contributed by atoms with Crippen LogP contribution in [0.2, 0.25) is 0 Å². The number of carboxylic acid groups (broad SMARTS) is 1. The molecule has 1 aromatic heterocycles. The number of hydrogen-bond acceptors (Lipinski definition) is 4. The van der Waals surface area contributed by atoms with Crippen molar-refractivity contribution in [3.63, 3.8) is 0 Å². The van der Waals surface area contributed by atoms with Crippen LogP contribution in [-0.4, -0.2) is 23.0 Å². The fourth-order valence-electron chi connectivity index (χ4n) is 1.80. The Morgan fingerprint density at radius 2 is 2.11 bits per heavy atom. The largest absolute Gasteiger partial charge is 0.477 e. The van der Waals surface area contributed by atoms with Gasteiger partial charge in [-0.05, 0) is 23.9 Å². The minimum Gasteiger partial charge on any atom is -0.477 e. The minimum absolute atomic E-state index is 0.297. The highest BCUT2D eigenvalue weighted by Crippen LogP contribution is 2.31. The van der Waals surface area contributed by atoms with E-state index in [1.807, 2.05) is 24.3 Å². The summed E-state index contributed by atoms with van der Waals surface area (Å²) in [4.78, 5) is 22.5. The SMILES string of the molecule is CC(NCc1c(C(=O)O)sc2ccccc12)C(N)=O. The van der Waals surface area contributed by atoms with E-state index in [0.717, 1.165) is 10.1 Å². The molecule has 1 aromatic carbocycles. The summed E-state index contributed by atoms with van der Waals surface area (Å²) in [5.74, 6) is -1.42. The number of carboxylic acids is 1. The summed E-state index contributed by atoms with van der Waals surface area (Å²) in [6.45, 7) is 1.95. The molecule has 6 heteroatoms. The monoisotopic (exact) mass is 278 g/mol. The van der Waals surface area contributed by atoms with Gasteiger partial charge in [-0.25, -0.2) is 4.79 Å². The molecule has 0 aliphatic rings. The van der Waals surface area contributed by atoms with Gasteiger partial charge in [-0.3, -0.25) is 4.79 Å². The van der Waals surface area contributed by atoms with E-state index < -0.39 is 17.9 Å². The van der Waals surface area contributed by atoms with Crippen LogP contribution in [0.3, 0.4) is 0 Å². The van der Waals surface area contributed by atoms with Crippen molar-refractivity contribution in [1.82, 2.24) is 5.32 Å². The summed E-state index contributed by atoms with van der Waals surface area (Å²) in [5.41, 5.74) is 5.87. The highest BCUT2D eigenvalue weighted by atomic mass is 32.1. The number of nitrogens with one attached hydrogen (secondary N) is 1. The number of fused-ring (bicyclic) bond motifs is 1. The number of hydrogen-bond donors (Lipinski definition) is 3. The van der Waals surface area contributed by atoms with Crippen LogP contribution in [0.1, 0.15) is 22.2 Å². The molecule has 4 N–H and O–H groups in total. The van der Waals surface area contributed by atoms with Gasteiger partial charge in [0.2, 0.25) is 5.91 Å². The van der Waals surface area contributed by atoms with Gasteiger partial charge < -0.3 is 16.2 Å². The molecule has 0 radical (unpaired) electrons. The second-order valence-electron chi connectivity index (χ2n) is 4.22. The van der Waals surface area contributed by atoms with Crippen molar-refractivity contribution in [2.45, 2.75) is 19.5 Å². The molecule has 0 spiro atoms. The summed E-state index contributed by atoms with van der Waals surface area (Å²) in [6, 6.07) is 6.99. The molecule has 1 unspecified atom stereocenters. The van der Waals surface area contributed by atoms with Crippen molar-refractivity contribution in [1.29, 1.82) is 0 Å². The van der Waals surface area contributed by atoms with Crippen LogP contribution in [0.25, 0.3) is 10.1 Å². The lowest BCUT2D eigenvalue weighted by molar-refractivity contribution is -0.119. The minimum atomic E-state index is -0.954. The molecule has 0 saturated carbocycles. The molecule has 5 nitrogen and oxygen atoms in total. The Labute approximate surface area is 114 Å². The molecule has 1 heterocycles. The Hall–Kier alpha value is -1.92. The number of aromatic carboxylic acids is 1. The van der Waals surface area contributed by atoms with Gasteiger partial charge in [-0.2, -0.15) is 0 Å². The van der Waals surface area contributed by atoms with E-state index >= 15 is 0 Å². The van der Waals surface area contributed by atoms with Crippen molar-refractivity contribution in [3.8, 4) is 0 Å². The normalized spacial score (nSPS) is 12.5. The van der Waals surface area contributed by atoms with E-state index in [9.17, 15) is 14.7 Å². The zero-order chi connectivity index (χ0) is 14.0. The summed E-state index contributed by atoms with van der Waals surface area (Å²) < 4.78 is 0.920. The van der Waals surface area contributed by atoms with Crippen molar-refractivity contribution >= 4 is 33.3 Å². The molecular formula is C13H14N2O3S. The van der Waals surface area contributed by atoms with Gasteiger partial charge in [0.15, 0.2) is 0 Å². The second-order valence-corrected chi connectivity index (χ2v) is 5.27. The highest BCUT2D eigenvalue weighted by molar-refractivity contribution is 7.21. The van der Waals surface area contributed by atoms with Crippen molar-refractivity contribution < 1.29 is 14.7 Å². The average molecular weight is 278 g/mol. The van der Waals surface area contributed by atoms with E-state index in [-0.39, 0.29) is 0 Å². The van der Waals surface area contributed by atoms with E-state index in [0.29, 0.717) is 17.0 Å². The first kappa shape index (κ1) is 13.5. The number of rotatable bonds is 5. The Balaban J connectivity index is 2.37. The van der Waals surface area contributed by atoms with E-state index in [1.54, 1.807) is 6.92 Å². The third kappa shape index (κ3) is 2.74. The molecule has 2 rings (SSSR count). The molecule has 1 amide bonds. The number of carbonyl (C=O) groups is 2. The molecule has 0 aliphatic heterocycles. The van der Waals surface area contributed by atoms with Gasteiger partial charge >= 0.3 is 5.97 Å². The lowest BCUT2D eigenvalue weighted by Gasteiger charge is -2.10. The van der Waals surface area contributed by atoms with Crippen molar-refractivity contribution in [3.05, 3.63) is 34.7 Å². The number of benzene rings is 1. The average Bonchev–Trinajstić information content (AvgIpc) is 2.74. The number of carbonyl (C=O) groups excluding carboxylic acids is 1. The predicted molar refractivity (Wildman–Crippen MR) is 74.3 cm³/mol. The first-order chi connectivity index (χ1) is 9.00. The third-order valence-electron chi connectivity index (χ3n) is 2.90. The molecule has 0 bridgehead atoms. The van der Waals surface area contributed by atoms with Gasteiger partial charge in [0.1, 0.15) is 4.88 Å². The number of primary amides is 1. The molecule has 2 aromatic rings. The van der Waals surface area contributed by atoms with Crippen LogP contribution in [0.4, 0.5) is 0 Å². The van der Waals surface area contributed by atoms with Gasteiger partial charge in [-0.1, -0.05) is 18.2 Å². The molecule has 0 fully saturated rings. The zero-order valence-electron chi connectivity index (χ0n) is 10.3. The predicted octanol–water partition coefficient (Wildman–Crippen LogP) is 1.56. The van der Waals surface area contributed by atoms with E-state index in [2.05, 4.69) is 5.32 Å². The Bertz CT molecular complexity index is 636. The second kappa shape index (κ2) is 5.38. The Morgan fingerprint density at radius 3 is 2.74 bits per heavy atom. The quantitative estimate of drug-likeness (QED) is 0.774. The maximum atomic E-state index is 11.3. The van der Waals surface area contributed by atoms with Gasteiger partial charge in [0, 0.05) is 11.2 Å². The van der Waals surface area contributed by atoms with Crippen molar-refractivity contribution in [2.24, 2.45) is 5.73 Å². The van der Waals surface area contributed by atoms with Gasteiger partial charge in [-0.15, -0.1) is 11.3 Å². The van der Waals surface area contributed by atoms with Crippen LogP contribution in [0, 0.1) is 0 Å². The summed E-state index contributed by atoms with van der Waals surface area (Å²) in [6.07, 6.45) is 0. The van der Waals surface area contributed by atoms with Crippen LogP contribution in [0.5, 0.6) is 0 Å². The highest BCUT2D eigenvalue weighted by Gasteiger charge is 2.18. The van der Waals surface area contributed by atoms with Crippen LogP contribution < -0.4 is 11.1 Å². The summed E-state index contributed by atoms with van der Waals surface area (Å²) in [7, 11) is 0. The molecule has 0 saturated heterocycles. The van der Waals surface area contributed by atoms with Crippen LogP contribution >= 0.6 is 11.3 Å². The number of amides is 1. The van der Waals surface area contributed by atoms with Gasteiger partial charge in [0.05, 0.1) is 6.04 Å². The smallest absolute Gasteiger partial charge is 0.346 e.